The fourth-order valence-corrected chi connectivity index (χ4v) is 3.18. The molecule has 2 heterocycles. The minimum atomic E-state index is -0.523. The third kappa shape index (κ3) is 5.68. The van der Waals surface area contributed by atoms with Crippen molar-refractivity contribution >= 4 is 5.91 Å². The fraction of sp³-hybridized carbons (Fsp3) is 0.429. The lowest BCUT2D eigenvalue weighted by Crippen LogP contribution is -2.22. The van der Waals surface area contributed by atoms with Crippen LogP contribution >= 0.6 is 0 Å². The highest BCUT2D eigenvalue weighted by atomic mass is 16.5. The Morgan fingerprint density at radius 1 is 1.25 bits per heavy atom. The van der Waals surface area contributed by atoms with Gasteiger partial charge in [0.05, 0.1) is 12.7 Å². The third-order valence-corrected chi connectivity index (χ3v) is 4.86. The van der Waals surface area contributed by atoms with Crippen molar-refractivity contribution in [3.8, 4) is 17.4 Å². The molecule has 1 saturated heterocycles. The number of carbonyl (C=O) groups is 1. The normalized spacial score (nSPS) is 14.6. The maximum atomic E-state index is 11.1. The molecule has 7 heteroatoms. The highest BCUT2D eigenvalue weighted by Gasteiger charge is 2.13. The number of methoxy groups -OCH3 is 1. The number of carbonyl (C=O) groups excluding carboxylic acids is 1. The number of amides is 1. The second-order valence-corrected chi connectivity index (χ2v) is 6.86. The van der Waals surface area contributed by atoms with Gasteiger partial charge in [0, 0.05) is 32.0 Å². The summed E-state index contributed by atoms with van der Waals surface area (Å²) in [6.07, 6.45) is 4.89. The van der Waals surface area contributed by atoms with E-state index in [9.17, 15) is 4.79 Å². The zero-order valence-electron chi connectivity index (χ0n) is 16.1. The molecule has 2 aromatic rings. The first kappa shape index (κ1) is 20.1. The third-order valence-electron chi connectivity index (χ3n) is 4.86. The molecule has 1 aromatic heterocycles. The van der Waals surface area contributed by atoms with Crippen LogP contribution in [0.2, 0.25) is 0 Å². The molecule has 1 aliphatic heterocycles. The molecule has 28 heavy (non-hydrogen) atoms. The number of hydrogen-bond donors (Lipinski definition) is 2. The maximum absolute atomic E-state index is 11.1. The van der Waals surface area contributed by atoms with Crippen LogP contribution < -0.4 is 20.5 Å². The van der Waals surface area contributed by atoms with Gasteiger partial charge >= 0.3 is 0 Å². The Kier molecular flexibility index (Phi) is 7.22. The molecule has 0 atom stereocenters. The van der Waals surface area contributed by atoms with Crippen molar-refractivity contribution in [2.45, 2.75) is 25.8 Å². The van der Waals surface area contributed by atoms with Crippen molar-refractivity contribution in [1.29, 1.82) is 0 Å². The number of pyridine rings is 1. The minimum Gasteiger partial charge on any atom is -0.493 e. The van der Waals surface area contributed by atoms with Crippen LogP contribution in [0.4, 0.5) is 0 Å². The van der Waals surface area contributed by atoms with Crippen LogP contribution in [-0.2, 0) is 11.3 Å². The van der Waals surface area contributed by atoms with Crippen LogP contribution in [0.1, 0.15) is 35.2 Å². The Hall–Kier alpha value is -2.64. The lowest BCUT2D eigenvalue weighted by Gasteiger charge is -2.22. The van der Waals surface area contributed by atoms with E-state index in [2.05, 4.69) is 10.3 Å². The summed E-state index contributed by atoms with van der Waals surface area (Å²) in [4.78, 5) is 15.2. The van der Waals surface area contributed by atoms with E-state index in [1.807, 2.05) is 18.2 Å². The first-order chi connectivity index (χ1) is 13.7. The fourth-order valence-electron chi connectivity index (χ4n) is 3.18. The summed E-state index contributed by atoms with van der Waals surface area (Å²) < 4.78 is 16.6. The Labute approximate surface area is 165 Å². The van der Waals surface area contributed by atoms with Crippen LogP contribution in [-0.4, -0.2) is 37.8 Å². The van der Waals surface area contributed by atoms with Gasteiger partial charge in [0.2, 0.25) is 11.8 Å². The predicted molar refractivity (Wildman–Crippen MR) is 106 cm³/mol. The molecule has 0 saturated carbocycles. The molecule has 3 rings (SSSR count). The Morgan fingerprint density at radius 2 is 2.07 bits per heavy atom. The van der Waals surface area contributed by atoms with Gasteiger partial charge in [0.15, 0.2) is 11.5 Å². The zero-order chi connectivity index (χ0) is 19.8. The summed E-state index contributed by atoms with van der Waals surface area (Å²) >= 11 is 0. The van der Waals surface area contributed by atoms with E-state index in [1.54, 1.807) is 19.2 Å². The van der Waals surface area contributed by atoms with Gasteiger partial charge in [0.1, 0.15) is 0 Å². The summed E-state index contributed by atoms with van der Waals surface area (Å²) in [6, 6.07) is 8.99. The van der Waals surface area contributed by atoms with Crippen molar-refractivity contribution < 1.29 is 19.0 Å². The number of rotatable bonds is 9. The molecular formula is C21H27N3O4. The van der Waals surface area contributed by atoms with Gasteiger partial charge in [-0.2, -0.15) is 0 Å². The number of benzene rings is 1. The van der Waals surface area contributed by atoms with Gasteiger partial charge in [-0.3, -0.25) is 4.79 Å². The SMILES string of the molecule is COc1cc(CNCCC2CCOCC2)ccc1Oc1ccc(C(N)=O)cn1. The van der Waals surface area contributed by atoms with Crippen LogP contribution in [0.3, 0.4) is 0 Å². The molecule has 0 radical (unpaired) electrons. The lowest BCUT2D eigenvalue weighted by molar-refractivity contribution is 0.0639. The van der Waals surface area contributed by atoms with Crippen molar-refractivity contribution in [1.82, 2.24) is 10.3 Å². The van der Waals surface area contributed by atoms with Crippen molar-refractivity contribution in [2.24, 2.45) is 11.7 Å². The number of nitrogens with two attached hydrogens (primary N) is 1. The summed E-state index contributed by atoms with van der Waals surface area (Å²) in [5, 5.41) is 3.49. The van der Waals surface area contributed by atoms with E-state index in [1.165, 1.54) is 12.6 Å². The highest BCUT2D eigenvalue weighted by Crippen LogP contribution is 2.31. The van der Waals surface area contributed by atoms with E-state index in [0.29, 0.717) is 22.9 Å². The number of ether oxygens (including phenoxy) is 3. The maximum Gasteiger partial charge on any atom is 0.250 e. The minimum absolute atomic E-state index is 0.335. The van der Waals surface area contributed by atoms with E-state index in [4.69, 9.17) is 19.9 Å². The summed E-state index contributed by atoms with van der Waals surface area (Å²) in [7, 11) is 1.61. The molecule has 0 aliphatic carbocycles. The molecule has 3 N–H and O–H groups in total. The van der Waals surface area contributed by atoms with Crippen LogP contribution in [0.25, 0.3) is 0 Å². The molecule has 1 fully saturated rings. The quantitative estimate of drug-likeness (QED) is 0.645. The van der Waals surface area contributed by atoms with Gasteiger partial charge in [-0.15, -0.1) is 0 Å². The van der Waals surface area contributed by atoms with Gasteiger partial charge < -0.3 is 25.3 Å². The van der Waals surface area contributed by atoms with E-state index in [0.717, 1.165) is 50.6 Å². The molecule has 1 amide bonds. The summed E-state index contributed by atoms with van der Waals surface area (Å²) in [5.41, 5.74) is 6.67. The number of primary amides is 1. The van der Waals surface area contributed by atoms with E-state index < -0.39 is 5.91 Å². The van der Waals surface area contributed by atoms with E-state index in [-0.39, 0.29) is 0 Å². The topological polar surface area (TPSA) is 95.7 Å². The smallest absolute Gasteiger partial charge is 0.250 e. The lowest BCUT2D eigenvalue weighted by atomic mass is 9.97. The second kappa shape index (κ2) is 10.1. The molecular weight excluding hydrogens is 358 g/mol. The first-order valence-corrected chi connectivity index (χ1v) is 9.55. The average Bonchev–Trinajstić information content (AvgIpc) is 2.73. The van der Waals surface area contributed by atoms with Gasteiger partial charge in [-0.05, 0) is 55.5 Å². The summed E-state index contributed by atoms with van der Waals surface area (Å²) in [6.45, 7) is 3.54. The van der Waals surface area contributed by atoms with Crippen LogP contribution in [0.15, 0.2) is 36.5 Å². The molecule has 0 spiro atoms. The Bertz CT molecular complexity index is 774. The number of hydrogen-bond acceptors (Lipinski definition) is 6. The second-order valence-electron chi connectivity index (χ2n) is 6.86. The Balaban J connectivity index is 1.53. The standard InChI is InChI=1S/C21H27N3O4/c1-26-19-12-16(13-23-9-6-15-7-10-27-11-8-15)2-4-18(19)28-20-5-3-17(14-24-20)21(22)25/h2-5,12,14-15,23H,6-11,13H2,1H3,(H2,22,25). The first-order valence-electron chi connectivity index (χ1n) is 9.55. The Morgan fingerprint density at radius 3 is 2.75 bits per heavy atom. The van der Waals surface area contributed by atoms with Gasteiger partial charge in [-0.25, -0.2) is 4.98 Å². The van der Waals surface area contributed by atoms with Crippen molar-refractivity contribution in [2.75, 3.05) is 26.9 Å². The van der Waals surface area contributed by atoms with Gasteiger partial charge in [0.25, 0.3) is 0 Å². The summed E-state index contributed by atoms with van der Waals surface area (Å²) in [5.74, 6) is 1.80. The molecule has 7 nitrogen and oxygen atoms in total. The monoisotopic (exact) mass is 385 g/mol. The number of aromatic nitrogens is 1. The largest absolute Gasteiger partial charge is 0.493 e. The number of nitrogens with one attached hydrogen (secondary N) is 1. The predicted octanol–water partition coefficient (Wildman–Crippen LogP) is 2.89. The van der Waals surface area contributed by atoms with Gasteiger partial charge in [-0.1, -0.05) is 6.07 Å². The van der Waals surface area contributed by atoms with E-state index >= 15 is 0 Å². The van der Waals surface area contributed by atoms with Crippen molar-refractivity contribution in [3.63, 3.8) is 0 Å². The highest BCUT2D eigenvalue weighted by molar-refractivity contribution is 5.92. The molecule has 0 unspecified atom stereocenters. The van der Waals surface area contributed by atoms with Crippen LogP contribution in [0.5, 0.6) is 17.4 Å². The van der Waals surface area contributed by atoms with Crippen molar-refractivity contribution in [3.05, 3.63) is 47.7 Å². The number of nitrogens with zero attached hydrogens (tertiary/aromatic N) is 1. The molecule has 150 valence electrons. The average molecular weight is 385 g/mol. The molecule has 1 aromatic carbocycles. The zero-order valence-corrected chi connectivity index (χ0v) is 16.1. The van der Waals surface area contributed by atoms with Crippen LogP contribution in [0, 0.1) is 5.92 Å². The molecule has 1 aliphatic rings. The molecule has 0 bridgehead atoms.